The molecule has 100 valence electrons. The Labute approximate surface area is 124 Å². The number of rotatable bonds is 2. The van der Waals surface area contributed by atoms with Crippen LogP contribution in [0.5, 0.6) is 11.5 Å². The fourth-order valence-electron chi connectivity index (χ4n) is 1.67. The van der Waals surface area contributed by atoms with E-state index in [1.807, 2.05) is 37.2 Å². The van der Waals surface area contributed by atoms with Crippen LogP contribution in [0.15, 0.2) is 23.2 Å². The fraction of sp³-hybridized carbons (Fsp3) is 0.417. The number of hydrogen-bond acceptors (Lipinski definition) is 3. The van der Waals surface area contributed by atoms with Gasteiger partial charge in [-0.3, -0.25) is 4.99 Å². The van der Waals surface area contributed by atoms with Crippen LogP contribution in [0, 0.1) is 0 Å². The molecule has 1 aliphatic rings. The van der Waals surface area contributed by atoms with E-state index in [1.54, 1.807) is 7.05 Å². The summed E-state index contributed by atoms with van der Waals surface area (Å²) in [6, 6.07) is 5.93. The molecule has 0 fully saturated rings. The molecular weight excluding hydrogens is 345 g/mol. The van der Waals surface area contributed by atoms with Crippen molar-refractivity contribution in [3.63, 3.8) is 0 Å². The van der Waals surface area contributed by atoms with Crippen LogP contribution < -0.4 is 14.8 Å². The van der Waals surface area contributed by atoms with Crippen molar-refractivity contribution in [2.75, 3.05) is 27.9 Å². The number of benzene rings is 1. The van der Waals surface area contributed by atoms with E-state index in [0.717, 1.165) is 23.0 Å². The SMILES string of the molecule is CN=C(NCc1ccc2c(c1)OCO2)N(C)C.I. The van der Waals surface area contributed by atoms with E-state index in [-0.39, 0.29) is 24.0 Å². The summed E-state index contributed by atoms with van der Waals surface area (Å²) in [6.45, 7) is 1.02. The monoisotopic (exact) mass is 363 g/mol. The minimum atomic E-state index is 0. The molecule has 1 heterocycles. The third kappa shape index (κ3) is 3.41. The number of nitrogens with zero attached hydrogens (tertiary/aromatic N) is 2. The number of halogens is 1. The van der Waals surface area contributed by atoms with Crippen LogP contribution >= 0.6 is 24.0 Å². The Morgan fingerprint density at radius 2 is 2.06 bits per heavy atom. The van der Waals surface area contributed by atoms with Crippen molar-refractivity contribution in [2.45, 2.75) is 6.54 Å². The van der Waals surface area contributed by atoms with Crippen molar-refractivity contribution >= 4 is 29.9 Å². The molecule has 0 saturated heterocycles. The molecule has 0 bridgehead atoms. The highest BCUT2D eigenvalue weighted by Gasteiger charge is 2.13. The number of guanidine groups is 1. The average Bonchev–Trinajstić information content (AvgIpc) is 2.76. The van der Waals surface area contributed by atoms with Crippen LogP contribution in [-0.4, -0.2) is 38.8 Å². The van der Waals surface area contributed by atoms with Gasteiger partial charge in [0.05, 0.1) is 0 Å². The fourth-order valence-corrected chi connectivity index (χ4v) is 1.67. The minimum absolute atomic E-state index is 0. The van der Waals surface area contributed by atoms with Crippen LogP contribution in [0.25, 0.3) is 0 Å². The van der Waals surface area contributed by atoms with Gasteiger partial charge in [0.15, 0.2) is 17.5 Å². The zero-order chi connectivity index (χ0) is 12.3. The first-order valence-corrected chi connectivity index (χ1v) is 5.47. The van der Waals surface area contributed by atoms with Gasteiger partial charge < -0.3 is 19.7 Å². The molecule has 6 heteroatoms. The first-order chi connectivity index (χ1) is 8.20. The lowest BCUT2D eigenvalue weighted by Gasteiger charge is -2.16. The highest BCUT2D eigenvalue weighted by Crippen LogP contribution is 2.32. The Morgan fingerprint density at radius 3 is 2.72 bits per heavy atom. The Bertz CT molecular complexity index is 435. The maximum Gasteiger partial charge on any atom is 0.231 e. The van der Waals surface area contributed by atoms with E-state index in [1.165, 1.54) is 0 Å². The second kappa shape index (κ2) is 6.67. The summed E-state index contributed by atoms with van der Waals surface area (Å²) < 4.78 is 10.6. The topological polar surface area (TPSA) is 46.1 Å². The first-order valence-electron chi connectivity index (χ1n) is 5.47. The lowest BCUT2D eigenvalue weighted by molar-refractivity contribution is 0.174. The smallest absolute Gasteiger partial charge is 0.231 e. The molecule has 1 aromatic carbocycles. The van der Waals surface area contributed by atoms with Gasteiger partial charge >= 0.3 is 0 Å². The molecule has 0 atom stereocenters. The number of aliphatic imine (C=N–C) groups is 1. The summed E-state index contributed by atoms with van der Waals surface area (Å²) in [5.74, 6) is 2.47. The van der Waals surface area contributed by atoms with E-state index < -0.39 is 0 Å². The van der Waals surface area contributed by atoms with Gasteiger partial charge in [0, 0.05) is 27.7 Å². The van der Waals surface area contributed by atoms with E-state index in [2.05, 4.69) is 10.3 Å². The van der Waals surface area contributed by atoms with Crippen molar-refractivity contribution in [1.29, 1.82) is 0 Å². The molecule has 0 aliphatic carbocycles. The zero-order valence-corrected chi connectivity index (χ0v) is 13.1. The van der Waals surface area contributed by atoms with Gasteiger partial charge in [-0.25, -0.2) is 0 Å². The van der Waals surface area contributed by atoms with Crippen LogP contribution in [-0.2, 0) is 6.54 Å². The largest absolute Gasteiger partial charge is 0.454 e. The van der Waals surface area contributed by atoms with Crippen molar-refractivity contribution in [3.05, 3.63) is 23.8 Å². The Hall–Kier alpha value is -1.18. The van der Waals surface area contributed by atoms with Gasteiger partial charge in [0.1, 0.15) is 0 Å². The highest BCUT2D eigenvalue weighted by atomic mass is 127. The van der Waals surface area contributed by atoms with Crippen molar-refractivity contribution < 1.29 is 9.47 Å². The molecule has 1 aromatic rings. The molecule has 5 nitrogen and oxygen atoms in total. The highest BCUT2D eigenvalue weighted by molar-refractivity contribution is 14.0. The minimum Gasteiger partial charge on any atom is -0.454 e. The first kappa shape index (κ1) is 14.9. The Kier molecular flexibility index (Phi) is 5.52. The molecule has 0 amide bonds. The zero-order valence-electron chi connectivity index (χ0n) is 10.8. The molecule has 18 heavy (non-hydrogen) atoms. The molecular formula is C12H18IN3O2. The molecule has 0 aromatic heterocycles. The molecule has 0 saturated carbocycles. The Morgan fingerprint density at radius 1 is 1.33 bits per heavy atom. The molecule has 0 radical (unpaired) electrons. The number of ether oxygens (including phenoxy) is 2. The van der Waals surface area contributed by atoms with Gasteiger partial charge in [-0.1, -0.05) is 6.07 Å². The van der Waals surface area contributed by atoms with Gasteiger partial charge in [0.25, 0.3) is 0 Å². The molecule has 2 rings (SSSR count). The van der Waals surface area contributed by atoms with E-state index in [4.69, 9.17) is 9.47 Å². The lowest BCUT2D eigenvalue weighted by Crippen LogP contribution is -2.35. The normalized spacial score (nSPS) is 12.9. The van der Waals surface area contributed by atoms with Gasteiger partial charge in [0.2, 0.25) is 6.79 Å². The second-order valence-electron chi connectivity index (χ2n) is 3.98. The number of nitrogens with one attached hydrogen (secondary N) is 1. The second-order valence-corrected chi connectivity index (χ2v) is 3.98. The third-order valence-corrected chi connectivity index (χ3v) is 2.52. The van der Waals surface area contributed by atoms with Gasteiger partial charge in [-0.05, 0) is 17.7 Å². The van der Waals surface area contributed by atoms with Crippen molar-refractivity contribution in [2.24, 2.45) is 4.99 Å². The van der Waals surface area contributed by atoms with Crippen LogP contribution in [0.1, 0.15) is 5.56 Å². The Balaban J connectivity index is 0.00000162. The summed E-state index contributed by atoms with van der Waals surface area (Å²) in [6.07, 6.45) is 0. The van der Waals surface area contributed by atoms with E-state index in [9.17, 15) is 0 Å². The van der Waals surface area contributed by atoms with Crippen LogP contribution in [0.4, 0.5) is 0 Å². The summed E-state index contributed by atoms with van der Waals surface area (Å²) >= 11 is 0. The molecule has 0 unspecified atom stereocenters. The predicted octanol–water partition coefficient (Wildman–Crippen LogP) is 1.67. The van der Waals surface area contributed by atoms with Crippen molar-refractivity contribution in [1.82, 2.24) is 10.2 Å². The number of fused-ring (bicyclic) bond motifs is 1. The van der Waals surface area contributed by atoms with Crippen LogP contribution in [0.2, 0.25) is 0 Å². The van der Waals surface area contributed by atoms with Crippen molar-refractivity contribution in [3.8, 4) is 11.5 Å². The molecule has 1 aliphatic heterocycles. The summed E-state index contributed by atoms with van der Waals surface area (Å²) in [7, 11) is 5.67. The maximum atomic E-state index is 5.33. The van der Waals surface area contributed by atoms with E-state index >= 15 is 0 Å². The van der Waals surface area contributed by atoms with Crippen LogP contribution in [0.3, 0.4) is 0 Å². The summed E-state index contributed by atoms with van der Waals surface area (Å²) in [4.78, 5) is 6.09. The standard InChI is InChI=1S/C12H17N3O2.HI/c1-13-12(15(2)3)14-7-9-4-5-10-11(6-9)17-8-16-10;/h4-6H,7-8H2,1-3H3,(H,13,14);1H. The van der Waals surface area contributed by atoms with Gasteiger partial charge in [-0.15, -0.1) is 24.0 Å². The quantitative estimate of drug-likeness (QED) is 0.493. The summed E-state index contributed by atoms with van der Waals surface area (Å²) in [5, 5.41) is 3.26. The van der Waals surface area contributed by atoms with Gasteiger partial charge in [-0.2, -0.15) is 0 Å². The summed E-state index contributed by atoms with van der Waals surface area (Å²) in [5.41, 5.74) is 1.14. The predicted molar refractivity (Wildman–Crippen MR) is 81.9 cm³/mol. The number of hydrogen-bond donors (Lipinski definition) is 1. The maximum absolute atomic E-state index is 5.33. The average molecular weight is 363 g/mol. The molecule has 0 spiro atoms. The third-order valence-electron chi connectivity index (χ3n) is 2.52. The molecule has 1 N–H and O–H groups in total. The van der Waals surface area contributed by atoms with E-state index in [0.29, 0.717) is 13.3 Å². The lowest BCUT2D eigenvalue weighted by atomic mass is 10.2.